The molecule has 19 heavy (non-hydrogen) atoms. The number of carbonyl (C=O) groups excluding carboxylic acids is 2. The van der Waals surface area contributed by atoms with Crippen molar-refractivity contribution in [3.05, 3.63) is 0 Å². The molecule has 0 aromatic heterocycles. The highest BCUT2D eigenvalue weighted by Crippen LogP contribution is 2.19. The van der Waals surface area contributed by atoms with Crippen LogP contribution in [0.25, 0.3) is 0 Å². The van der Waals surface area contributed by atoms with Gasteiger partial charge < -0.3 is 15.0 Å². The number of hydrogen-bond acceptors (Lipinski definition) is 4. The Morgan fingerprint density at radius 1 is 1.37 bits per heavy atom. The number of hydrogen-bond donors (Lipinski definition) is 1. The molecular weight excluding hydrogens is 244 g/mol. The van der Waals surface area contributed by atoms with Crippen LogP contribution in [-0.2, 0) is 14.3 Å². The van der Waals surface area contributed by atoms with Crippen molar-refractivity contribution < 1.29 is 14.3 Å². The van der Waals surface area contributed by atoms with Crippen LogP contribution in [0, 0.1) is 5.92 Å². The fourth-order valence-corrected chi connectivity index (χ4v) is 2.48. The van der Waals surface area contributed by atoms with Gasteiger partial charge in [-0.25, -0.2) is 0 Å². The number of piperidine rings is 1. The van der Waals surface area contributed by atoms with Crippen LogP contribution in [0.15, 0.2) is 0 Å². The predicted octanol–water partition coefficient (Wildman–Crippen LogP) is 1.18. The van der Waals surface area contributed by atoms with Gasteiger partial charge in [-0.2, -0.15) is 0 Å². The number of ether oxygens (including phenoxy) is 1. The Morgan fingerprint density at radius 3 is 2.53 bits per heavy atom. The molecule has 0 spiro atoms. The summed E-state index contributed by atoms with van der Waals surface area (Å²) in [4.78, 5) is 24.6. The molecule has 0 bridgehead atoms. The highest BCUT2D eigenvalue weighted by Gasteiger charge is 2.24. The van der Waals surface area contributed by atoms with E-state index in [2.05, 4.69) is 17.1 Å². The van der Waals surface area contributed by atoms with Crippen molar-refractivity contribution in [1.82, 2.24) is 10.2 Å². The molecule has 110 valence electrons. The van der Waals surface area contributed by atoms with Gasteiger partial charge in [0, 0.05) is 19.5 Å². The fourth-order valence-electron chi connectivity index (χ4n) is 2.48. The Hall–Kier alpha value is -1.10. The Balaban J connectivity index is 2.25. The van der Waals surface area contributed by atoms with Gasteiger partial charge in [0.1, 0.15) is 0 Å². The second kappa shape index (κ2) is 8.15. The van der Waals surface area contributed by atoms with Crippen molar-refractivity contribution in [2.24, 2.45) is 5.92 Å². The molecule has 1 heterocycles. The highest BCUT2D eigenvalue weighted by atomic mass is 16.5. The van der Waals surface area contributed by atoms with E-state index >= 15 is 0 Å². The largest absolute Gasteiger partial charge is 0.466 e. The number of nitrogens with one attached hydrogen (secondary N) is 1. The maximum Gasteiger partial charge on any atom is 0.307 e. The Morgan fingerprint density at radius 2 is 2.00 bits per heavy atom. The molecule has 5 heteroatoms. The standard InChI is InChI=1S/C14H26N2O3/c1-4-19-14(18)9-11(2)16-7-5-13(6-8-16)10-15-12(3)17/h11,13H,4-10H2,1-3H3,(H,15,17). The molecule has 5 nitrogen and oxygen atoms in total. The van der Waals surface area contributed by atoms with Crippen LogP contribution >= 0.6 is 0 Å². The summed E-state index contributed by atoms with van der Waals surface area (Å²) in [6.07, 6.45) is 2.62. The third kappa shape index (κ3) is 6.05. The number of carbonyl (C=O) groups is 2. The lowest BCUT2D eigenvalue weighted by Crippen LogP contribution is -2.43. The number of esters is 1. The van der Waals surface area contributed by atoms with Crippen LogP contribution in [-0.4, -0.2) is 49.1 Å². The smallest absolute Gasteiger partial charge is 0.307 e. The van der Waals surface area contributed by atoms with E-state index in [0.29, 0.717) is 18.9 Å². The SMILES string of the molecule is CCOC(=O)CC(C)N1CCC(CNC(C)=O)CC1. The summed E-state index contributed by atoms with van der Waals surface area (Å²) in [6, 6.07) is 0.237. The van der Waals surface area contributed by atoms with Crippen molar-refractivity contribution in [3.8, 4) is 0 Å². The van der Waals surface area contributed by atoms with E-state index in [4.69, 9.17) is 4.74 Å². The molecule has 1 unspecified atom stereocenters. The zero-order valence-corrected chi connectivity index (χ0v) is 12.3. The van der Waals surface area contributed by atoms with Crippen LogP contribution in [0.5, 0.6) is 0 Å². The van der Waals surface area contributed by atoms with Crippen LogP contribution in [0.2, 0.25) is 0 Å². The second-order valence-corrected chi connectivity index (χ2v) is 5.27. The molecule has 1 saturated heterocycles. The van der Waals surface area contributed by atoms with E-state index in [1.165, 1.54) is 0 Å². The lowest BCUT2D eigenvalue weighted by Gasteiger charge is -2.35. The van der Waals surface area contributed by atoms with E-state index in [1.807, 2.05) is 6.92 Å². The molecule has 1 amide bonds. The summed E-state index contributed by atoms with van der Waals surface area (Å²) < 4.78 is 4.98. The van der Waals surface area contributed by atoms with Gasteiger partial charge in [-0.3, -0.25) is 9.59 Å². The summed E-state index contributed by atoms with van der Waals surface area (Å²) in [5.41, 5.74) is 0. The van der Waals surface area contributed by atoms with Crippen molar-refractivity contribution in [3.63, 3.8) is 0 Å². The number of nitrogens with zero attached hydrogens (tertiary/aromatic N) is 1. The molecule has 1 N–H and O–H groups in total. The first-order valence-corrected chi connectivity index (χ1v) is 7.17. The lowest BCUT2D eigenvalue weighted by atomic mass is 9.95. The van der Waals surface area contributed by atoms with Crippen LogP contribution in [0.1, 0.15) is 40.0 Å². The summed E-state index contributed by atoms with van der Waals surface area (Å²) in [5, 5.41) is 2.88. The van der Waals surface area contributed by atoms with Crippen LogP contribution in [0.3, 0.4) is 0 Å². The lowest BCUT2D eigenvalue weighted by molar-refractivity contribution is -0.144. The van der Waals surface area contributed by atoms with Crippen molar-refractivity contribution in [1.29, 1.82) is 0 Å². The first-order chi connectivity index (χ1) is 9.02. The first-order valence-electron chi connectivity index (χ1n) is 7.17. The molecule has 0 saturated carbocycles. The number of amides is 1. The molecule has 1 aliphatic heterocycles. The molecular formula is C14H26N2O3. The molecule has 1 atom stereocenters. The summed E-state index contributed by atoms with van der Waals surface area (Å²) in [5.74, 6) is 0.489. The van der Waals surface area contributed by atoms with E-state index in [1.54, 1.807) is 6.92 Å². The van der Waals surface area contributed by atoms with Crippen molar-refractivity contribution in [2.45, 2.75) is 46.1 Å². The van der Waals surface area contributed by atoms with Crippen LogP contribution in [0.4, 0.5) is 0 Å². The molecule has 1 aliphatic rings. The van der Waals surface area contributed by atoms with Crippen molar-refractivity contribution >= 4 is 11.9 Å². The third-order valence-corrected chi connectivity index (χ3v) is 3.68. The minimum atomic E-state index is -0.115. The number of likely N-dealkylation sites (tertiary alicyclic amines) is 1. The van der Waals surface area contributed by atoms with Crippen LogP contribution < -0.4 is 5.32 Å². The fraction of sp³-hybridized carbons (Fsp3) is 0.857. The van der Waals surface area contributed by atoms with Gasteiger partial charge in [0.25, 0.3) is 0 Å². The molecule has 0 aromatic rings. The Bertz CT molecular complexity index is 299. The number of rotatable bonds is 6. The van der Waals surface area contributed by atoms with E-state index in [-0.39, 0.29) is 17.9 Å². The van der Waals surface area contributed by atoms with Gasteiger partial charge in [-0.1, -0.05) is 0 Å². The second-order valence-electron chi connectivity index (χ2n) is 5.27. The van der Waals surface area contributed by atoms with E-state index in [9.17, 15) is 9.59 Å². The minimum Gasteiger partial charge on any atom is -0.466 e. The molecule has 1 fully saturated rings. The molecule has 1 rings (SSSR count). The average molecular weight is 270 g/mol. The van der Waals surface area contributed by atoms with Gasteiger partial charge in [0.05, 0.1) is 13.0 Å². The maximum absolute atomic E-state index is 11.4. The monoisotopic (exact) mass is 270 g/mol. The molecule has 0 aliphatic carbocycles. The maximum atomic E-state index is 11.4. The van der Waals surface area contributed by atoms with Crippen molar-refractivity contribution in [2.75, 3.05) is 26.2 Å². The average Bonchev–Trinajstić information content (AvgIpc) is 2.37. The molecule has 0 radical (unpaired) electrons. The summed E-state index contributed by atoms with van der Waals surface area (Å²) >= 11 is 0. The Kier molecular flexibility index (Phi) is 6.84. The van der Waals surface area contributed by atoms with Gasteiger partial charge in [0.2, 0.25) is 5.91 Å². The van der Waals surface area contributed by atoms with Gasteiger partial charge in [0.15, 0.2) is 0 Å². The zero-order valence-electron chi connectivity index (χ0n) is 12.3. The zero-order chi connectivity index (χ0) is 14.3. The summed E-state index contributed by atoms with van der Waals surface area (Å²) in [6.45, 7) is 8.66. The summed E-state index contributed by atoms with van der Waals surface area (Å²) in [7, 11) is 0. The van der Waals surface area contributed by atoms with Gasteiger partial charge in [-0.15, -0.1) is 0 Å². The van der Waals surface area contributed by atoms with E-state index < -0.39 is 0 Å². The predicted molar refractivity (Wildman–Crippen MR) is 73.7 cm³/mol. The first kappa shape index (κ1) is 16.0. The highest BCUT2D eigenvalue weighted by molar-refractivity contribution is 5.72. The quantitative estimate of drug-likeness (QED) is 0.736. The van der Waals surface area contributed by atoms with Gasteiger partial charge >= 0.3 is 5.97 Å². The van der Waals surface area contributed by atoms with Gasteiger partial charge in [-0.05, 0) is 45.7 Å². The third-order valence-electron chi connectivity index (χ3n) is 3.68. The van der Waals surface area contributed by atoms with E-state index in [0.717, 1.165) is 32.5 Å². The normalized spacial score (nSPS) is 18.9. The minimum absolute atomic E-state index is 0.0399. The topological polar surface area (TPSA) is 58.6 Å². The molecule has 0 aromatic carbocycles. The Labute approximate surface area is 115 Å².